The fraction of sp³-hybridized carbons (Fsp3) is 0.818. The fourth-order valence-electron chi connectivity index (χ4n) is 2.22. The summed E-state index contributed by atoms with van der Waals surface area (Å²) >= 11 is 0. The maximum atomic E-state index is 11.1. The molecule has 3 atom stereocenters. The van der Waals surface area contributed by atoms with Crippen LogP contribution in [0.4, 0.5) is 0 Å². The van der Waals surface area contributed by atoms with E-state index in [0.29, 0.717) is 0 Å². The van der Waals surface area contributed by atoms with Crippen LogP contribution in [0, 0.1) is 11.8 Å². The SMILES string of the molecule is CC(C)C1(CN)CC(C(=O)O)CC(C(=O)O)O1.Cl. The lowest BCUT2D eigenvalue weighted by Gasteiger charge is -2.44. The number of ether oxygens (including phenoxy) is 1. The van der Waals surface area contributed by atoms with Gasteiger partial charge in [0.15, 0.2) is 6.10 Å². The van der Waals surface area contributed by atoms with Gasteiger partial charge in [0.05, 0.1) is 11.5 Å². The van der Waals surface area contributed by atoms with Crippen molar-refractivity contribution in [1.29, 1.82) is 0 Å². The van der Waals surface area contributed by atoms with Crippen LogP contribution in [0.15, 0.2) is 0 Å². The third-order valence-electron chi connectivity index (χ3n) is 3.49. The van der Waals surface area contributed by atoms with Gasteiger partial charge in [0.2, 0.25) is 0 Å². The van der Waals surface area contributed by atoms with E-state index in [9.17, 15) is 9.59 Å². The Labute approximate surface area is 112 Å². The number of aliphatic carboxylic acids is 2. The number of halogens is 1. The molecule has 0 aromatic heterocycles. The summed E-state index contributed by atoms with van der Waals surface area (Å²) in [5, 5.41) is 18.0. The molecule has 0 spiro atoms. The molecule has 4 N–H and O–H groups in total. The minimum Gasteiger partial charge on any atom is -0.481 e. The predicted octanol–water partition coefficient (Wildman–Crippen LogP) is 0.726. The molecule has 7 heteroatoms. The lowest BCUT2D eigenvalue weighted by Crippen LogP contribution is -2.55. The normalized spacial score (nSPS) is 31.8. The van der Waals surface area contributed by atoms with Crippen molar-refractivity contribution in [1.82, 2.24) is 0 Å². The molecule has 0 radical (unpaired) electrons. The maximum absolute atomic E-state index is 11.1. The maximum Gasteiger partial charge on any atom is 0.332 e. The van der Waals surface area contributed by atoms with Crippen LogP contribution in [0.5, 0.6) is 0 Å². The first-order valence-corrected chi connectivity index (χ1v) is 5.66. The first-order valence-electron chi connectivity index (χ1n) is 5.66. The van der Waals surface area contributed by atoms with E-state index >= 15 is 0 Å². The van der Waals surface area contributed by atoms with E-state index in [1.165, 1.54) is 0 Å². The Morgan fingerprint density at radius 3 is 2.28 bits per heavy atom. The molecule has 0 aromatic rings. The van der Waals surface area contributed by atoms with E-state index in [4.69, 9.17) is 20.7 Å². The summed E-state index contributed by atoms with van der Waals surface area (Å²) < 4.78 is 5.54. The first-order chi connectivity index (χ1) is 7.82. The lowest BCUT2D eigenvalue weighted by molar-refractivity contribution is -0.194. The third kappa shape index (κ3) is 3.34. The average molecular weight is 282 g/mol. The van der Waals surface area contributed by atoms with Gasteiger partial charge in [-0.05, 0) is 18.8 Å². The summed E-state index contributed by atoms with van der Waals surface area (Å²) in [4.78, 5) is 22.0. The van der Waals surface area contributed by atoms with E-state index in [1.54, 1.807) is 0 Å². The molecular formula is C11H20ClNO5. The van der Waals surface area contributed by atoms with Gasteiger partial charge in [0, 0.05) is 6.54 Å². The van der Waals surface area contributed by atoms with Crippen molar-refractivity contribution in [2.75, 3.05) is 6.54 Å². The monoisotopic (exact) mass is 281 g/mol. The van der Waals surface area contributed by atoms with Gasteiger partial charge in [-0.25, -0.2) is 4.79 Å². The molecule has 1 aliphatic rings. The van der Waals surface area contributed by atoms with Gasteiger partial charge < -0.3 is 20.7 Å². The summed E-state index contributed by atoms with van der Waals surface area (Å²) in [6.07, 6.45) is -0.824. The van der Waals surface area contributed by atoms with Crippen LogP contribution in [-0.2, 0) is 14.3 Å². The minimum atomic E-state index is -1.13. The second-order valence-electron chi connectivity index (χ2n) is 4.84. The Morgan fingerprint density at radius 1 is 1.39 bits per heavy atom. The van der Waals surface area contributed by atoms with Crippen LogP contribution < -0.4 is 5.73 Å². The molecule has 0 amide bonds. The molecule has 1 heterocycles. The van der Waals surface area contributed by atoms with Crippen molar-refractivity contribution in [2.45, 2.75) is 38.4 Å². The molecule has 1 rings (SSSR count). The second kappa shape index (κ2) is 6.36. The lowest BCUT2D eigenvalue weighted by atomic mass is 9.77. The van der Waals surface area contributed by atoms with Gasteiger partial charge in [-0.15, -0.1) is 12.4 Å². The summed E-state index contributed by atoms with van der Waals surface area (Å²) in [6, 6.07) is 0. The number of carboxylic acid groups (broad SMARTS) is 2. The molecule has 18 heavy (non-hydrogen) atoms. The van der Waals surface area contributed by atoms with Crippen molar-refractivity contribution in [3.63, 3.8) is 0 Å². The summed E-state index contributed by atoms with van der Waals surface area (Å²) in [5.74, 6) is -2.86. The highest BCUT2D eigenvalue weighted by molar-refractivity contribution is 5.85. The number of carboxylic acids is 2. The molecule has 106 valence electrons. The number of rotatable bonds is 4. The Kier molecular flexibility index (Phi) is 6.06. The van der Waals surface area contributed by atoms with E-state index < -0.39 is 29.6 Å². The van der Waals surface area contributed by atoms with Crippen molar-refractivity contribution in [3.05, 3.63) is 0 Å². The highest BCUT2D eigenvalue weighted by Gasteiger charge is 2.47. The summed E-state index contributed by atoms with van der Waals surface area (Å²) in [6.45, 7) is 3.84. The van der Waals surface area contributed by atoms with Crippen LogP contribution in [0.2, 0.25) is 0 Å². The Balaban J connectivity index is 0.00000289. The molecule has 0 bridgehead atoms. The van der Waals surface area contributed by atoms with Gasteiger partial charge in [0.25, 0.3) is 0 Å². The zero-order valence-corrected chi connectivity index (χ0v) is 11.3. The first kappa shape index (κ1) is 17.2. The number of hydrogen-bond donors (Lipinski definition) is 3. The summed E-state index contributed by atoms with van der Waals surface area (Å²) in [7, 11) is 0. The fourth-order valence-corrected chi connectivity index (χ4v) is 2.22. The Bertz CT molecular complexity index is 299. The van der Waals surface area contributed by atoms with Crippen molar-refractivity contribution in [2.24, 2.45) is 17.6 Å². The largest absolute Gasteiger partial charge is 0.481 e. The van der Waals surface area contributed by atoms with E-state index in [1.807, 2.05) is 13.8 Å². The number of nitrogens with two attached hydrogens (primary N) is 1. The number of carbonyl (C=O) groups is 2. The molecule has 0 saturated carbocycles. The van der Waals surface area contributed by atoms with Crippen LogP contribution >= 0.6 is 12.4 Å². The van der Waals surface area contributed by atoms with Gasteiger partial charge in [-0.1, -0.05) is 13.8 Å². The van der Waals surface area contributed by atoms with Crippen molar-refractivity contribution < 1.29 is 24.5 Å². The van der Waals surface area contributed by atoms with E-state index in [0.717, 1.165) is 0 Å². The molecule has 0 aliphatic carbocycles. The molecule has 1 fully saturated rings. The van der Waals surface area contributed by atoms with Crippen LogP contribution in [0.1, 0.15) is 26.7 Å². The molecule has 0 aromatic carbocycles. The Hall–Kier alpha value is -0.850. The van der Waals surface area contributed by atoms with Crippen LogP contribution in [-0.4, -0.2) is 40.4 Å². The second-order valence-corrected chi connectivity index (χ2v) is 4.84. The highest BCUT2D eigenvalue weighted by Crippen LogP contribution is 2.37. The quantitative estimate of drug-likeness (QED) is 0.700. The summed E-state index contributed by atoms with van der Waals surface area (Å²) in [5.41, 5.74) is 4.80. The zero-order chi connectivity index (χ0) is 13.2. The molecular weight excluding hydrogens is 262 g/mol. The molecule has 1 saturated heterocycles. The van der Waals surface area contributed by atoms with Gasteiger partial charge in [-0.3, -0.25) is 4.79 Å². The average Bonchev–Trinajstić information content (AvgIpc) is 2.27. The zero-order valence-electron chi connectivity index (χ0n) is 10.5. The van der Waals surface area contributed by atoms with E-state index in [-0.39, 0.29) is 37.7 Å². The molecule has 3 unspecified atom stereocenters. The van der Waals surface area contributed by atoms with Crippen molar-refractivity contribution in [3.8, 4) is 0 Å². The van der Waals surface area contributed by atoms with Gasteiger partial charge in [-0.2, -0.15) is 0 Å². The predicted molar refractivity (Wildman–Crippen MR) is 66.7 cm³/mol. The molecule has 1 aliphatic heterocycles. The number of hydrogen-bond acceptors (Lipinski definition) is 4. The minimum absolute atomic E-state index is 0. The van der Waals surface area contributed by atoms with Crippen LogP contribution in [0.25, 0.3) is 0 Å². The van der Waals surface area contributed by atoms with Gasteiger partial charge >= 0.3 is 11.9 Å². The van der Waals surface area contributed by atoms with Gasteiger partial charge in [0.1, 0.15) is 0 Å². The van der Waals surface area contributed by atoms with Crippen molar-refractivity contribution >= 4 is 24.3 Å². The van der Waals surface area contributed by atoms with E-state index in [2.05, 4.69) is 0 Å². The Morgan fingerprint density at radius 2 is 1.94 bits per heavy atom. The third-order valence-corrected chi connectivity index (χ3v) is 3.49. The van der Waals surface area contributed by atoms with Crippen LogP contribution in [0.3, 0.4) is 0 Å². The standard InChI is InChI=1S/C11H19NO5.ClH/c1-6(2)11(5-12)4-7(9(13)14)3-8(17-11)10(15)16;/h6-8H,3-5,12H2,1-2H3,(H,13,14)(H,15,16);1H. The topological polar surface area (TPSA) is 110 Å². The smallest absolute Gasteiger partial charge is 0.332 e. The highest BCUT2D eigenvalue weighted by atomic mass is 35.5. The molecule has 6 nitrogen and oxygen atoms in total.